The van der Waals surface area contributed by atoms with Gasteiger partial charge < -0.3 is 30.6 Å². The average Bonchev–Trinajstić information content (AvgIpc) is 2.83. The van der Waals surface area contributed by atoms with Gasteiger partial charge in [0.15, 0.2) is 0 Å². The quantitative estimate of drug-likeness (QED) is 0.128. The third kappa shape index (κ3) is 10.7. The number of rotatable bonds is 15. The van der Waals surface area contributed by atoms with Crippen LogP contribution in [0.15, 0.2) is 36.4 Å². The highest BCUT2D eigenvalue weighted by molar-refractivity contribution is 8.76. The van der Waals surface area contributed by atoms with Crippen molar-refractivity contribution in [2.75, 3.05) is 11.5 Å². The SMILES string of the molecule is O[C@@H]([C@H](O)CSSC[C@@H](O)[C@H](O)[C@@H](O)CCc1ccc(Cl)cc1Cl)[C@@H](O)CCc1ccc(Cl)cc1Cl. The highest BCUT2D eigenvalue weighted by atomic mass is 35.5. The van der Waals surface area contributed by atoms with E-state index in [1.165, 1.54) is 21.6 Å². The molecule has 0 saturated carbocycles. The predicted octanol–water partition coefficient (Wildman–Crippen LogP) is 4.41. The molecule has 0 amide bonds. The maximum absolute atomic E-state index is 10.2. The molecular weight excluding hydrogens is 590 g/mol. The Morgan fingerprint density at radius 3 is 1.25 bits per heavy atom. The van der Waals surface area contributed by atoms with E-state index in [-0.39, 0.29) is 24.3 Å². The van der Waals surface area contributed by atoms with Crippen LogP contribution in [0.5, 0.6) is 0 Å². The lowest BCUT2D eigenvalue weighted by Crippen LogP contribution is -2.39. The molecule has 0 aromatic heterocycles. The second kappa shape index (κ2) is 16.2. The van der Waals surface area contributed by atoms with Crippen molar-refractivity contribution in [1.82, 2.24) is 0 Å². The lowest BCUT2D eigenvalue weighted by Gasteiger charge is -2.24. The van der Waals surface area contributed by atoms with E-state index in [1.807, 2.05) is 0 Å². The standard InChI is InChI=1S/C24H30Cl4O6S2/c25-15-5-1-13(17(27)9-15)3-7-19(29)23(33)21(31)11-35-36-12-22(32)24(34)20(30)8-4-14-2-6-16(26)10-18(14)28/h1-2,5-6,9-10,19-24,29-34H,3-4,7-8,11-12H2/t19-,20-,21+,22+,23+,24+/m0/s1. The minimum absolute atomic E-state index is 0.0883. The van der Waals surface area contributed by atoms with Crippen LogP contribution in [-0.4, -0.2) is 78.8 Å². The monoisotopic (exact) mass is 618 g/mol. The lowest BCUT2D eigenvalue weighted by atomic mass is 10.0. The number of halogens is 4. The van der Waals surface area contributed by atoms with E-state index in [4.69, 9.17) is 46.4 Å². The third-order valence-corrected chi connectivity index (χ3v) is 9.20. The van der Waals surface area contributed by atoms with Crippen molar-refractivity contribution in [3.8, 4) is 0 Å². The third-order valence-electron chi connectivity index (χ3n) is 5.59. The van der Waals surface area contributed by atoms with Gasteiger partial charge in [0.2, 0.25) is 0 Å². The molecule has 2 aromatic carbocycles. The summed E-state index contributed by atoms with van der Waals surface area (Å²) >= 11 is 24.0. The van der Waals surface area contributed by atoms with Crippen molar-refractivity contribution >= 4 is 68.0 Å². The van der Waals surface area contributed by atoms with Gasteiger partial charge in [0.05, 0.1) is 24.4 Å². The summed E-state index contributed by atoms with van der Waals surface area (Å²) in [4.78, 5) is 0. The summed E-state index contributed by atoms with van der Waals surface area (Å²) in [5.41, 5.74) is 1.55. The fourth-order valence-corrected chi connectivity index (χ4v) is 6.63. The van der Waals surface area contributed by atoms with E-state index in [9.17, 15) is 30.6 Å². The van der Waals surface area contributed by atoms with E-state index in [1.54, 1.807) is 36.4 Å². The summed E-state index contributed by atoms with van der Waals surface area (Å²) < 4.78 is 0. The van der Waals surface area contributed by atoms with Gasteiger partial charge in [-0.15, -0.1) is 0 Å². The van der Waals surface area contributed by atoms with Crippen molar-refractivity contribution in [2.24, 2.45) is 0 Å². The Hall–Kier alpha value is 0.0600. The molecule has 0 radical (unpaired) electrons. The molecule has 12 heteroatoms. The van der Waals surface area contributed by atoms with Gasteiger partial charge in [-0.2, -0.15) is 0 Å². The molecule has 0 unspecified atom stereocenters. The van der Waals surface area contributed by atoms with E-state index in [2.05, 4.69) is 0 Å². The van der Waals surface area contributed by atoms with Crippen molar-refractivity contribution < 1.29 is 30.6 Å². The molecule has 0 heterocycles. The first kappa shape index (κ1) is 32.3. The molecule has 6 atom stereocenters. The number of aryl methyl sites for hydroxylation is 2. The molecule has 0 aliphatic rings. The molecule has 202 valence electrons. The Balaban J connectivity index is 1.67. The van der Waals surface area contributed by atoms with Crippen molar-refractivity contribution in [1.29, 1.82) is 0 Å². The van der Waals surface area contributed by atoms with Gasteiger partial charge in [0, 0.05) is 31.6 Å². The van der Waals surface area contributed by atoms with Crippen LogP contribution in [0.3, 0.4) is 0 Å². The number of hydrogen-bond donors (Lipinski definition) is 6. The number of benzene rings is 2. The first-order valence-electron chi connectivity index (χ1n) is 11.2. The summed E-state index contributed by atoms with van der Waals surface area (Å²) in [6, 6.07) is 10.1. The normalized spacial score (nSPS) is 16.8. The zero-order valence-electron chi connectivity index (χ0n) is 19.2. The Morgan fingerprint density at radius 2 is 0.917 bits per heavy atom. The number of aliphatic hydroxyl groups is 6. The van der Waals surface area contributed by atoms with Crippen LogP contribution in [0.25, 0.3) is 0 Å². The summed E-state index contributed by atoms with van der Waals surface area (Å²) in [6.07, 6.45) is -6.24. The van der Waals surface area contributed by atoms with Gasteiger partial charge in [-0.3, -0.25) is 0 Å². The molecular formula is C24H30Cl4O6S2. The van der Waals surface area contributed by atoms with Crippen LogP contribution in [-0.2, 0) is 12.8 Å². The minimum Gasteiger partial charge on any atom is -0.390 e. The highest BCUT2D eigenvalue weighted by Crippen LogP contribution is 2.27. The molecule has 0 spiro atoms. The van der Waals surface area contributed by atoms with E-state index in [0.717, 1.165) is 11.1 Å². The Labute approximate surface area is 238 Å². The van der Waals surface area contributed by atoms with E-state index >= 15 is 0 Å². The Kier molecular flexibility index (Phi) is 14.5. The minimum atomic E-state index is -1.36. The van der Waals surface area contributed by atoms with E-state index < -0.39 is 36.6 Å². The van der Waals surface area contributed by atoms with Gasteiger partial charge in [0.1, 0.15) is 12.2 Å². The van der Waals surface area contributed by atoms with Crippen LogP contribution >= 0.6 is 68.0 Å². The fourth-order valence-electron chi connectivity index (χ4n) is 3.34. The molecule has 0 saturated heterocycles. The van der Waals surface area contributed by atoms with Gasteiger partial charge in [-0.25, -0.2) is 0 Å². The van der Waals surface area contributed by atoms with Gasteiger partial charge in [-0.1, -0.05) is 80.1 Å². The molecule has 6 nitrogen and oxygen atoms in total. The second-order valence-corrected chi connectivity index (χ2v) is 12.6. The van der Waals surface area contributed by atoms with Crippen LogP contribution in [0.2, 0.25) is 20.1 Å². The zero-order chi connectivity index (χ0) is 26.8. The van der Waals surface area contributed by atoms with Gasteiger partial charge in [0.25, 0.3) is 0 Å². The molecule has 2 rings (SSSR count). The predicted molar refractivity (Wildman–Crippen MR) is 151 cm³/mol. The summed E-state index contributed by atoms with van der Waals surface area (Å²) in [6.45, 7) is 0. The number of hydrogen-bond acceptors (Lipinski definition) is 8. The van der Waals surface area contributed by atoms with Crippen LogP contribution in [0.1, 0.15) is 24.0 Å². The smallest absolute Gasteiger partial charge is 0.107 e. The first-order valence-corrected chi connectivity index (χ1v) is 15.2. The highest BCUT2D eigenvalue weighted by Gasteiger charge is 2.27. The number of aliphatic hydroxyl groups excluding tert-OH is 6. The topological polar surface area (TPSA) is 121 Å². The maximum atomic E-state index is 10.2. The molecule has 0 aliphatic heterocycles. The largest absolute Gasteiger partial charge is 0.390 e. The van der Waals surface area contributed by atoms with Crippen molar-refractivity contribution in [3.63, 3.8) is 0 Å². The van der Waals surface area contributed by atoms with Crippen LogP contribution in [0, 0.1) is 0 Å². The lowest BCUT2D eigenvalue weighted by molar-refractivity contribution is -0.0525. The fraction of sp³-hybridized carbons (Fsp3) is 0.500. The zero-order valence-corrected chi connectivity index (χ0v) is 23.8. The average molecular weight is 620 g/mol. The van der Waals surface area contributed by atoms with Crippen molar-refractivity contribution in [3.05, 3.63) is 67.6 Å². The molecule has 0 fully saturated rings. The Bertz CT molecular complexity index is 881. The van der Waals surface area contributed by atoms with Gasteiger partial charge >= 0.3 is 0 Å². The van der Waals surface area contributed by atoms with Gasteiger partial charge in [-0.05, 0) is 61.1 Å². The summed E-state index contributed by atoms with van der Waals surface area (Å²) in [5, 5.41) is 63.2. The first-order chi connectivity index (χ1) is 17.0. The van der Waals surface area contributed by atoms with Crippen LogP contribution < -0.4 is 0 Å². The van der Waals surface area contributed by atoms with Crippen LogP contribution in [0.4, 0.5) is 0 Å². The summed E-state index contributed by atoms with van der Waals surface area (Å²) in [7, 11) is 2.35. The second-order valence-electron chi connectivity index (χ2n) is 8.37. The van der Waals surface area contributed by atoms with Crippen molar-refractivity contribution in [2.45, 2.75) is 62.3 Å². The summed E-state index contributed by atoms with van der Waals surface area (Å²) in [5.74, 6) is 0.177. The molecule has 6 N–H and O–H groups in total. The molecule has 0 bridgehead atoms. The maximum Gasteiger partial charge on any atom is 0.107 e. The molecule has 36 heavy (non-hydrogen) atoms. The Morgan fingerprint density at radius 1 is 0.556 bits per heavy atom. The molecule has 2 aromatic rings. The van der Waals surface area contributed by atoms with E-state index in [0.29, 0.717) is 32.9 Å². The molecule has 0 aliphatic carbocycles.